The molecule has 0 radical (unpaired) electrons. The third-order valence-electron chi connectivity index (χ3n) is 1.75. The molecule has 0 rings (SSSR count). The molecule has 0 spiro atoms. The fourth-order valence-corrected chi connectivity index (χ4v) is 1.12. The zero-order chi connectivity index (χ0) is 13.7. The van der Waals surface area contributed by atoms with Crippen LogP contribution in [0.15, 0.2) is 0 Å². The van der Waals surface area contributed by atoms with Gasteiger partial charge in [-0.1, -0.05) is 0 Å². The van der Waals surface area contributed by atoms with Crippen LogP contribution in [0.1, 0.15) is 0 Å². The van der Waals surface area contributed by atoms with Crippen LogP contribution in [0.2, 0.25) is 0 Å². The van der Waals surface area contributed by atoms with E-state index in [9.17, 15) is 0 Å². The van der Waals surface area contributed by atoms with E-state index in [-0.39, 0.29) is 59.5 Å². The monoisotopic (exact) mass is 270 g/mol. The van der Waals surface area contributed by atoms with Gasteiger partial charge in [0.25, 0.3) is 0 Å². The van der Waals surface area contributed by atoms with Crippen LogP contribution < -0.4 is 0 Å². The predicted molar refractivity (Wildman–Crippen MR) is 59.7 cm³/mol. The second-order valence-electron chi connectivity index (χ2n) is 3.18. The molecule has 0 amide bonds. The molecule has 0 aromatic heterocycles. The van der Waals surface area contributed by atoms with Crippen LogP contribution in [0.3, 0.4) is 0 Å². The predicted octanol–water partition coefficient (Wildman–Crippen LogP) is -2.32. The van der Waals surface area contributed by atoms with E-state index in [0.29, 0.717) is 0 Å². The highest BCUT2D eigenvalue weighted by atomic mass is 16.9. The van der Waals surface area contributed by atoms with E-state index < -0.39 is 5.97 Å². The lowest BCUT2D eigenvalue weighted by molar-refractivity contribution is -0.398. The van der Waals surface area contributed by atoms with Gasteiger partial charge in [0.2, 0.25) is 0 Å². The van der Waals surface area contributed by atoms with Crippen molar-refractivity contribution >= 4 is 0 Å². The van der Waals surface area contributed by atoms with Gasteiger partial charge >= 0.3 is 5.97 Å². The van der Waals surface area contributed by atoms with E-state index in [2.05, 4.69) is 0 Å². The SMILES string of the molecule is OCCOCC(OCCO)(OCCO)OCCO. The molecule has 0 unspecified atom stereocenters. The number of aliphatic hydroxyl groups is 4. The summed E-state index contributed by atoms with van der Waals surface area (Å²) >= 11 is 0. The lowest BCUT2D eigenvalue weighted by atomic mass is 10.5. The molecule has 0 saturated heterocycles. The maximum Gasteiger partial charge on any atom is 0.308 e. The van der Waals surface area contributed by atoms with Gasteiger partial charge in [0.05, 0.1) is 52.9 Å². The molecule has 0 aromatic carbocycles. The van der Waals surface area contributed by atoms with Crippen LogP contribution in [0.25, 0.3) is 0 Å². The van der Waals surface area contributed by atoms with E-state index in [1.54, 1.807) is 0 Å². The van der Waals surface area contributed by atoms with Gasteiger partial charge in [-0.15, -0.1) is 0 Å². The normalized spacial score (nSPS) is 12.0. The van der Waals surface area contributed by atoms with Crippen molar-refractivity contribution in [2.75, 3.05) is 59.5 Å². The molecule has 110 valence electrons. The Balaban J connectivity index is 4.41. The number of rotatable bonds is 13. The summed E-state index contributed by atoms with van der Waals surface area (Å²) in [6.07, 6.45) is 0. The van der Waals surface area contributed by atoms with Crippen molar-refractivity contribution in [3.8, 4) is 0 Å². The van der Waals surface area contributed by atoms with Crippen LogP contribution >= 0.6 is 0 Å². The highest BCUT2D eigenvalue weighted by Gasteiger charge is 2.34. The molecular formula is C10H22O8. The van der Waals surface area contributed by atoms with E-state index in [1.165, 1.54) is 0 Å². The van der Waals surface area contributed by atoms with Gasteiger partial charge in [-0.25, -0.2) is 0 Å². The fourth-order valence-electron chi connectivity index (χ4n) is 1.12. The minimum atomic E-state index is -1.61. The van der Waals surface area contributed by atoms with Gasteiger partial charge in [0, 0.05) is 0 Å². The summed E-state index contributed by atoms with van der Waals surface area (Å²) in [5.74, 6) is -1.61. The molecule has 0 aliphatic carbocycles. The Hall–Kier alpha value is -0.320. The molecule has 0 aliphatic heterocycles. The first-order valence-corrected chi connectivity index (χ1v) is 5.67. The number of ether oxygens (including phenoxy) is 4. The standard InChI is InChI=1S/C10H22O8/c11-1-5-15-9-10(16-6-2-12,17-7-3-13)18-8-4-14/h11-14H,1-9H2. The second kappa shape index (κ2) is 11.8. The molecule has 8 heteroatoms. The van der Waals surface area contributed by atoms with Crippen LogP contribution in [0.5, 0.6) is 0 Å². The minimum absolute atomic E-state index is 0.0562. The molecule has 0 bridgehead atoms. The third-order valence-corrected chi connectivity index (χ3v) is 1.75. The number of aliphatic hydroxyl groups excluding tert-OH is 4. The van der Waals surface area contributed by atoms with Crippen molar-refractivity contribution in [3.63, 3.8) is 0 Å². The fraction of sp³-hybridized carbons (Fsp3) is 1.00. The zero-order valence-corrected chi connectivity index (χ0v) is 10.3. The lowest BCUT2D eigenvalue weighted by Crippen LogP contribution is -2.46. The van der Waals surface area contributed by atoms with Crippen molar-refractivity contribution in [1.29, 1.82) is 0 Å². The largest absolute Gasteiger partial charge is 0.394 e. The summed E-state index contributed by atoms with van der Waals surface area (Å²) in [7, 11) is 0. The highest BCUT2D eigenvalue weighted by Crippen LogP contribution is 2.16. The quantitative estimate of drug-likeness (QED) is 0.217. The van der Waals surface area contributed by atoms with Crippen molar-refractivity contribution < 1.29 is 39.4 Å². The van der Waals surface area contributed by atoms with Crippen molar-refractivity contribution in [3.05, 3.63) is 0 Å². The van der Waals surface area contributed by atoms with Crippen LogP contribution in [0.4, 0.5) is 0 Å². The van der Waals surface area contributed by atoms with E-state index in [0.717, 1.165) is 0 Å². The Kier molecular flexibility index (Phi) is 11.5. The molecule has 8 nitrogen and oxygen atoms in total. The van der Waals surface area contributed by atoms with E-state index in [4.69, 9.17) is 39.4 Å². The van der Waals surface area contributed by atoms with Crippen LogP contribution in [-0.4, -0.2) is 85.9 Å². The Morgan fingerprint density at radius 3 is 1.33 bits per heavy atom. The van der Waals surface area contributed by atoms with Gasteiger partial charge in [0.15, 0.2) is 0 Å². The van der Waals surface area contributed by atoms with Crippen molar-refractivity contribution in [2.24, 2.45) is 0 Å². The van der Waals surface area contributed by atoms with Gasteiger partial charge in [0.1, 0.15) is 6.61 Å². The molecular weight excluding hydrogens is 248 g/mol. The number of hydrogen-bond donors (Lipinski definition) is 4. The maximum absolute atomic E-state index is 8.74. The smallest absolute Gasteiger partial charge is 0.308 e. The molecule has 18 heavy (non-hydrogen) atoms. The Labute approximate surface area is 106 Å². The molecule has 0 aromatic rings. The first kappa shape index (κ1) is 17.7. The Morgan fingerprint density at radius 2 is 1.00 bits per heavy atom. The summed E-state index contributed by atoms with van der Waals surface area (Å²) in [6, 6.07) is 0. The summed E-state index contributed by atoms with van der Waals surface area (Å²) in [5.41, 5.74) is 0. The second-order valence-corrected chi connectivity index (χ2v) is 3.18. The topological polar surface area (TPSA) is 118 Å². The van der Waals surface area contributed by atoms with E-state index in [1.807, 2.05) is 0 Å². The van der Waals surface area contributed by atoms with Crippen LogP contribution in [-0.2, 0) is 18.9 Å². The Bertz CT molecular complexity index is 155. The summed E-state index contributed by atoms with van der Waals surface area (Å²) in [5, 5.41) is 34.8. The summed E-state index contributed by atoms with van der Waals surface area (Å²) in [6.45, 7) is -1.16. The summed E-state index contributed by atoms with van der Waals surface area (Å²) in [4.78, 5) is 0. The van der Waals surface area contributed by atoms with Gasteiger partial charge in [-0.05, 0) is 0 Å². The first-order chi connectivity index (χ1) is 8.74. The molecule has 0 aliphatic rings. The molecule has 4 N–H and O–H groups in total. The maximum atomic E-state index is 8.74. The highest BCUT2D eigenvalue weighted by molar-refractivity contribution is 4.58. The zero-order valence-electron chi connectivity index (χ0n) is 10.3. The molecule has 0 fully saturated rings. The van der Waals surface area contributed by atoms with E-state index >= 15 is 0 Å². The van der Waals surface area contributed by atoms with Crippen molar-refractivity contribution in [1.82, 2.24) is 0 Å². The van der Waals surface area contributed by atoms with Crippen molar-refractivity contribution in [2.45, 2.75) is 5.97 Å². The average molecular weight is 270 g/mol. The van der Waals surface area contributed by atoms with Gasteiger partial charge in [-0.3, -0.25) is 0 Å². The lowest BCUT2D eigenvalue weighted by Gasteiger charge is -2.32. The molecule has 0 atom stereocenters. The molecule has 0 heterocycles. The average Bonchev–Trinajstić information content (AvgIpc) is 2.40. The van der Waals surface area contributed by atoms with Gasteiger partial charge in [-0.2, -0.15) is 0 Å². The summed E-state index contributed by atoms with van der Waals surface area (Å²) < 4.78 is 20.7. The molecule has 0 saturated carbocycles. The van der Waals surface area contributed by atoms with Crippen LogP contribution in [0, 0.1) is 0 Å². The number of hydrogen-bond acceptors (Lipinski definition) is 8. The van der Waals surface area contributed by atoms with Gasteiger partial charge < -0.3 is 39.4 Å². The Morgan fingerprint density at radius 1 is 0.611 bits per heavy atom. The first-order valence-electron chi connectivity index (χ1n) is 5.67. The third kappa shape index (κ3) is 7.90. The minimum Gasteiger partial charge on any atom is -0.394 e.